The third kappa shape index (κ3) is 1.88. The predicted molar refractivity (Wildman–Crippen MR) is 63.0 cm³/mol. The molecular weight excluding hydrogens is 209 g/mol. The Balaban J connectivity index is 2.66. The van der Waals surface area contributed by atoms with Crippen LogP contribution in [0.1, 0.15) is 31.3 Å². The molecule has 3 heteroatoms. The molecule has 0 saturated carbocycles. The molecule has 0 amide bonds. The van der Waals surface area contributed by atoms with E-state index in [2.05, 4.69) is 25.8 Å². The van der Waals surface area contributed by atoms with Crippen molar-refractivity contribution in [1.29, 1.82) is 0 Å². The molecule has 1 aromatic carbocycles. The Morgan fingerprint density at radius 1 is 1.27 bits per heavy atom. The molecule has 0 aliphatic carbocycles. The molecule has 80 valence electrons. The minimum Gasteiger partial charge on any atom is -0.241 e. The van der Waals surface area contributed by atoms with Gasteiger partial charge < -0.3 is 0 Å². The summed E-state index contributed by atoms with van der Waals surface area (Å²) in [5.74, 6) is -0.147. The number of benzene rings is 1. The van der Waals surface area contributed by atoms with Crippen molar-refractivity contribution in [2.75, 3.05) is 0 Å². The maximum atomic E-state index is 13.3. The fourth-order valence-corrected chi connectivity index (χ4v) is 2.40. The lowest BCUT2D eigenvalue weighted by Gasteiger charge is -2.13. The van der Waals surface area contributed by atoms with E-state index in [-0.39, 0.29) is 11.2 Å². The van der Waals surface area contributed by atoms with E-state index >= 15 is 0 Å². The van der Waals surface area contributed by atoms with E-state index in [1.807, 2.05) is 6.07 Å². The normalized spacial score (nSPS) is 12.3. The maximum absolute atomic E-state index is 13.3. The Kier molecular flexibility index (Phi) is 2.30. The summed E-state index contributed by atoms with van der Waals surface area (Å²) in [7, 11) is 0. The van der Waals surface area contributed by atoms with Crippen LogP contribution in [-0.2, 0) is 5.41 Å². The Bertz CT molecular complexity index is 469. The number of aromatic nitrogens is 1. The first-order chi connectivity index (χ1) is 6.88. The summed E-state index contributed by atoms with van der Waals surface area (Å²) >= 11 is 1.58. The van der Waals surface area contributed by atoms with Gasteiger partial charge in [-0.15, -0.1) is 11.3 Å². The molecule has 1 aromatic heterocycles. The minimum absolute atomic E-state index is 0.0358. The predicted octanol–water partition coefficient (Wildman–Crippen LogP) is 4.04. The topological polar surface area (TPSA) is 12.9 Å². The lowest BCUT2D eigenvalue weighted by Crippen LogP contribution is -2.09. The number of aryl methyl sites for hydroxylation is 1. The van der Waals surface area contributed by atoms with Gasteiger partial charge in [0.2, 0.25) is 0 Å². The number of fused-ring (bicyclic) bond motifs is 1. The summed E-state index contributed by atoms with van der Waals surface area (Å²) in [6, 6.07) is 3.40. The van der Waals surface area contributed by atoms with E-state index in [1.54, 1.807) is 24.3 Å². The molecule has 0 fully saturated rings. The van der Waals surface area contributed by atoms with Crippen molar-refractivity contribution < 1.29 is 4.39 Å². The first-order valence-corrected chi connectivity index (χ1v) is 5.77. The van der Waals surface area contributed by atoms with E-state index in [1.165, 1.54) is 0 Å². The van der Waals surface area contributed by atoms with Crippen LogP contribution in [0.15, 0.2) is 12.1 Å². The molecule has 2 aromatic rings. The second-order valence-electron chi connectivity index (χ2n) is 4.84. The average Bonchev–Trinajstić information content (AvgIpc) is 2.47. The summed E-state index contributed by atoms with van der Waals surface area (Å²) < 4.78 is 14.3. The van der Waals surface area contributed by atoms with Gasteiger partial charge in [-0.2, -0.15) is 0 Å². The number of nitrogens with zero attached hydrogens (tertiary/aromatic N) is 1. The zero-order valence-electron chi connectivity index (χ0n) is 9.39. The molecule has 0 spiro atoms. The van der Waals surface area contributed by atoms with Gasteiger partial charge in [0.15, 0.2) is 0 Å². The van der Waals surface area contributed by atoms with E-state index < -0.39 is 0 Å². The van der Waals surface area contributed by atoms with Crippen LogP contribution in [0.4, 0.5) is 4.39 Å². The monoisotopic (exact) mass is 223 g/mol. The van der Waals surface area contributed by atoms with Crippen LogP contribution < -0.4 is 0 Å². The summed E-state index contributed by atoms with van der Waals surface area (Å²) in [6.07, 6.45) is 0. The van der Waals surface area contributed by atoms with Crippen LogP contribution in [0.3, 0.4) is 0 Å². The van der Waals surface area contributed by atoms with Crippen molar-refractivity contribution in [2.24, 2.45) is 0 Å². The first-order valence-electron chi connectivity index (χ1n) is 4.95. The maximum Gasteiger partial charge on any atom is 0.127 e. The van der Waals surface area contributed by atoms with Crippen LogP contribution in [-0.4, -0.2) is 4.98 Å². The van der Waals surface area contributed by atoms with Gasteiger partial charge in [-0.25, -0.2) is 9.37 Å². The summed E-state index contributed by atoms with van der Waals surface area (Å²) in [5, 5.41) is 1.06. The number of hydrogen-bond acceptors (Lipinski definition) is 2. The van der Waals surface area contributed by atoms with Crippen LogP contribution in [0.5, 0.6) is 0 Å². The number of thiazole rings is 1. The molecule has 0 radical (unpaired) electrons. The molecule has 0 N–H and O–H groups in total. The largest absolute Gasteiger partial charge is 0.241 e. The van der Waals surface area contributed by atoms with Gasteiger partial charge >= 0.3 is 0 Å². The molecule has 15 heavy (non-hydrogen) atoms. The number of rotatable bonds is 0. The lowest BCUT2D eigenvalue weighted by atomic mass is 9.98. The third-order valence-electron chi connectivity index (χ3n) is 2.31. The molecule has 0 bridgehead atoms. The van der Waals surface area contributed by atoms with Crippen molar-refractivity contribution in [3.63, 3.8) is 0 Å². The zero-order chi connectivity index (χ0) is 11.2. The van der Waals surface area contributed by atoms with Crippen LogP contribution in [0.2, 0.25) is 0 Å². The van der Waals surface area contributed by atoms with Crippen LogP contribution in [0.25, 0.3) is 10.2 Å². The zero-order valence-corrected chi connectivity index (χ0v) is 10.2. The van der Waals surface area contributed by atoms with Gasteiger partial charge in [-0.05, 0) is 24.6 Å². The molecule has 1 nitrogen and oxygen atoms in total. The van der Waals surface area contributed by atoms with Crippen molar-refractivity contribution in [3.05, 3.63) is 28.5 Å². The molecule has 1 heterocycles. The highest BCUT2D eigenvalue weighted by atomic mass is 32.1. The van der Waals surface area contributed by atoms with Gasteiger partial charge in [0.05, 0.1) is 15.2 Å². The second-order valence-corrected chi connectivity index (χ2v) is 5.87. The average molecular weight is 223 g/mol. The summed E-state index contributed by atoms with van der Waals surface area (Å²) in [6.45, 7) is 8.13. The van der Waals surface area contributed by atoms with E-state index in [9.17, 15) is 4.39 Å². The SMILES string of the molecule is Cc1cc2nc(C(C)(C)C)sc2cc1F. The molecule has 2 rings (SSSR count). The van der Waals surface area contributed by atoms with Crippen LogP contribution in [0, 0.1) is 12.7 Å². The number of halogens is 1. The van der Waals surface area contributed by atoms with Crippen molar-refractivity contribution >= 4 is 21.6 Å². The van der Waals surface area contributed by atoms with Crippen molar-refractivity contribution in [1.82, 2.24) is 4.98 Å². The van der Waals surface area contributed by atoms with Gasteiger partial charge in [-0.1, -0.05) is 20.8 Å². The molecule has 0 aliphatic rings. The summed E-state index contributed by atoms with van der Waals surface area (Å²) in [4.78, 5) is 4.54. The smallest absolute Gasteiger partial charge is 0.127 e. The molecule has 0 aliphatic heterocycles. The quantitative estimate of drug-likeness (QED) is 0.656. The van der Waals surface area contributed by atoms with E-state index in [0.717, 1.165) is 15.2 Å². The van der Waals surface area contributed by atoms with Gasteiger partial charge in [-0.3, -0.25) is 0 Å². The van der Waals surface area contributed by atoms with Gasteiger partial charge in [0.25, 0.3) is 0 Å². The molecule has 0 saturated heterocycles. The lowest BCUT2D eigenvalue weighted by molar-refractivity contribution is 0.587. The number of hydrogen-bond donors (Lipinski definition) is 0. The van der Waals surface area contributed by atoms with Gasteiger partial charge in [0, 0.05) is 5.41 Å². The van der Waals surface area contributed by atoms with E-state index in [4.69, 9.17) is 0 Å². The fourth-order valence-electron chi connectivity index (χ4n) is 1.37. The Labute approximate surface area is 93.0 Å². The standard InChI is InChI=1S/C12H14FNS/c1-7-5-9-10(6-8(7)13)15-11(14-9)12(2,3)4/h5-6H,1-4H3. The highest BCUT2D eigenvalue weighted by Gasteiger charge is 2.19. The highest BCUT2D eigenvalue weighted by molar-refractivity contribution is 7.18. The molecule has 0 unspecified atom stereocenters. The Hall–Kier alpha value is -0.960. The summed E-state index contributed by atoms with van der Waals surface area (Å²) in [5.41, 5.74) is 1.60. The Morgan fingerprint density at radius 3 is 2.53 bits per heavy atom. The highest BCUT2D eigenvalue weighted by Crippen LogP contribution is 2.32. The minimum atomic E-state index is -0.147. The van der Waals surface area contributed by atoms with Crippen molar-refractivity contribution in [2.45, 2.75) is 33.1 Å². The van der Waals surface area contributed by atoms with Gasteiger partial charge in [0.1, 0.15) is 5.82 Å². The molecular formula is C12H14FNS. The fraction of sp³-hybridized carbons (Fsp3) is 0.417. The molecule has 0 atom stereocenters. The third-order valence-corrected chi connectivity index (χ3v) is 3.75. The first kappa shape index (κ1) is 10.6. The Morgan fingerprint density at radius 2 is 1.93 bits per heavy atom. The van der Waals surface area contributed by atoms with Crippen LogP contribution >= 0.6 is 11.3 Å². The van der Waals surface area contributed by atoms with Crippen molar-refractivity contribution in [3.8, 4) is 0 Å². The second kappa shape index (κ2) is 3.27. The van der Waals surface area contributed by atoms with E-state index in [0.29, 0.717) is 5.56 Å².